The molecule has 10 heteroatoms. The number of hydrogen-bond donors (Lipinski definition) is 0. The van der Waals surface area contributed by atoms with Crippen LogP contribution in [0.1, 0.15) is 57.7 Å². The predicted octanol–water partition coefficient (Wildman–Crippen LogP) is 3.78. The lowest BCUT2D eigenvalue weighted by atomic mass is 9.98. The lowest BCUT2D eigenvalue weighted by Gasteiger charge is -2.30. The van der Waals surface area contributed by atoms with Crippen molar-refractivity contribution in [3.63, 3.8) is 0 Å². The highest BCUT2D eigenvalue weighted by Crippen LogP contribution is 2.27. The number of thiazole rings is 1. The second-order valence-corrected chi connectivity index (χ2v) is 11.2. The van der Waals surface area contributed by atoms with Gasteiger partial charge in [0, 0.05) is 31.9 Å². The maximum Gasteiger partial charge on any atom is 0.309 e. The molecular weight excluding hydrogens is 462 g/mol. The van der Waals surface area contributed by atoms with E-state index in [1.54, 1.807) is 22.4 Å². The van der Waals surface area contributed by atoms with E-state index in [1.165, 1.54) is 22.6 Å². The van der Waals surface area contributed by atoms with Gasteiger partial charge in [-0.25, -0.2) is 13.4 Å². The van der Waals surface area contributed by atoms with Crippen molar-refractivity contribution in [1.82, 2.24) is 9.29 Å². The summed E-state index contributed by atoms with van der Waals surface area (Å²) in [6, 6.07) is 7.00. The van der Waals surface area contributed by atoms with Gasteiger partial charge < -0.3 is 4.74 Å². The quantitative estimate of drug-likeness (QED) is 0.519. The number of rotatable bonds is 8. The minimum Gasteiger partial charge on any atom is -0.459 e. The van der Waals surface area contributed by atoms with Gasteiger partial charge in [0.05, 0.1) is 16.5 Å². The summed E-state index contributed by atoms with van der Waals surface area (Å²) in [5, 5.41) is 2.35. The Morgan fingerprint density at radius 3 is 2.39 bits per heavy atom. The Balaban J connectivity index is 1.52. The topological polar surface area (TPSA) is 96.9 Å². The summed E-state index contributed by atoms with van der Waals surface area (Å²) in [5.74, 6) is -0.448. The van der Waals surface area contributed by atoms with Crippen molar-refractivity contribution in [1.29, 1.82) is 0 Å². The van der Waals surface area contributed by atoms with Gasteiger partial charge in [0.1, 0.15) is 6.61 Å². The summed E-state index contributed by atoms with van der Waals surface area (Å²) < 4.78 is 32.8. The third kappa shape index (κ3) is 5.99. The highest BCUT2D eigenvalue weighted by Gasteiger charge is 2.33. The van der Waals surface area contributed by atoms with Crippen LogP contribution in [0.4, 0.5) is 5.13 Å². The molecule has 8 nitrogen and oxygen atoms in total. The van der Waals surface area contributed by atoms with Crippen LogP contribution < -0.4 is 4.90 Å². The van der Waals surface area contributed by atoms with E-state index in [1.807, 2.05) is 19.1 Å². The van der Waals surface area contributed by atoms with Crippen LogP contribution in [0.2, 0.25) is 0 Å². The number of esters is 1. The van der Waals surface area contributed by atoms with E-state index in [0.29, 0.717) is 36.1 Å². The Kier molecular flexibility index (Phi) is 8.25. The summed E-state index contributed by atoms with van der Waals surface area (Å²) in [4.78, 5) is 30.4. The summed E-state index contributed by atoms with van der Waals surface area (Å²) in [7, 11) is -3.58. The number of carbonyl (C=O) groups excluding carboxylic acids is 2. The zero-order chi connectivity index (χ0) is 24.2. The molecule has 33 heavy (non-hydrogen) atoms. The monoisotopic (exact) mass is 493 g/mol. The highest BCUT2D eigenvalue weighted by molar-refractivity contribution is 7.89. The number of hydrogen-bond acceptors (Lipinski definition) is 7. The van der Waals surface area contributed by atoms with Gasteiger partial charge in [-0.2, -0.15) is 4.31 Å². The number of ether oxygens (including phenoxy) is 1. The number of amides is 1. The van der Waals surface area contributed by atoms with Crippen molar-refractivity contribution in [2.45, 2.75) is 58.0 Å². The molecule has 1 aliphatic rings. The van der Waals surface area contributed by atoms with Crippen molar-refractivity contribution >= 4 is 38.4 Å². The summed E-state index contributed by atoms with van der Waals surface area (Å²) in [6.07, 6.45) is 0.830. The molecule has 0 aliphatic carbocycles. The Morgan fingerprint density at radius 1 is 1.21 bits per heavy atom. The number of carbonyl (C=O) groups is 2. The third-order valence-corrected chi connectivity index (χ3v) is 8.63. The Bertz CT molecular complexity index is 1070. The van der Waals surface area contributed by atoms with E-state index in [-0.39, 0.29) is 42.4 Å². The first kappa shape index (κ1) is 25.3. The molecule has 1 saturated heterocycles. The normalized spacial score (nSPS) is 15.5. The van der Waals surface area contributed by atoms with Gasteiger partial charge in [0.2, 0.25) is 15.9 Å². The molecule has 1 fully saturated rings. The van der Waals surface area contributed by atoms with Crippen molar-refractivity contribution in [3.8, 4) is 0 Å². The highest BCUT2D eigenvalue weighted by atomic mass is 32.2. The molecule has 0 spiro atoms. The zero-order valence-corrected chi connectivity index (χ0v) is 21.1. The van der Waals surface area contributed by atoms with Crippen LogP contribution in [0.3, 0.4) is 0 Å². The summed E-state index contributed by atoms with van der Waals surface area (Å²) >= 11 is 1.33. The van der Waals surface area contributed by atoms with Crippen LogP contribution in [-0.2, 0) is 31.0 Å². The largest absolute Gasteiger partial charge is 0.459 e. The molecule has 0 saturated carbocycles. The van der Waals surface area contributed by atoms with Gasteiger partial charge in [-0.3, -0.25) is 14.5 Å². The first-order valence-corrected chi connectivity index (χ1v) is 13.4. The smallest absolute Gasteiger partial charge is 0.309 e. The number of nitrogens with zero attached hydrogens (tertiary/aromatic N) is 3. The molecule has 0 unspecified atom stereocenters. The second-order valence-electron chi connectivity index (χ2n) is 8.39. The van der Waals surface area contributed by atoms with E-state index in [2.05, 4.69) is 18.8 Å². The summed E-state index contributed by atoms with van der Waals surface area (Å²) in [6.45, 7) is 8.59. The maximum absolute atomic E-state index is 13.0. The van der Waals surface area contributed by atoms with Gasteiger partial charge in [0.15, 0.2) is 5.13 Å². The molecule has 0 atom stereocenters. The fraction of sp³-hybridized carbons (Fsp3) is 0.522. The van der Waals surface area contributed by atoms with Crippen LogP contribution in [0.25, 0.3) is 0 Å². The standard InChI is InChI=1S/C23H31N3O5S2/c1-5-26(17(4)27)23-24-20(15-32-23)14-31-22(28)19-10-12-25(13-11-19)33(29,30)21-8-6-18(7-9-21)16(2)3/h6-9,15-16,19H,5,10-14H2,1-4H3. The Hall–Kier alpha value is -2.30. The van der Waals surface area contributed by atoms with Crippen LogP contribution in [0.5, 0.6) is 0 Å². The minimum atomic E-state index is -3.58. The number of sulfonamides is 1. The number of anilines is 1. The molecule has 0 radical (unpaired) electrons. The Labute approximate surface area is 199 Å². The molecule has 1 aliphatic heterocycles. The van der Waals surface area contributed by atoms with E-state index in [0.717, 1.165) is 5.56 Å². The van der Waals surface area contributed by atoms with Crippen LogP contribution in [0.15, 0.2) is 34.5 Å². The molecule has 1 aromatic carbocycles. The molecule has 2 aromatic rings. The van der Waals surface area contributed by atoms with Crippen LogP contribution in [-0.4, -0.2) is 49.2 Å². The van der Waals surface area contributed by atoms with Gasteiger partial charge in [-0.1, -0.05) is 26.0 Å². The first-order valence-electron chi connectivity index (χ1n) is 11.1. The zero-order valence-electron chi connectivity index (χ0n) is 19.5. The van der Waals surface area contributed by atoms with E-state index >= 15 is 0 Å². The van der Waals surface area contributed by atoms with Crippen LogP contribution in [0, 0.1) is 5.92 Å². The van der Waals surface area contributed by atoms with Crippen LogP contribution >= 0.6 is 11.3 Å². The average Bonchev–Trinajstić information content (AvgIpc) is 3.26. The summed E-state index contributed by atoms with van der Waals surface area (Å²) in [5.41, 5.74) is 1.68. The molecule has 2 heterocycles. The molecule has 180 valence electrons. The maximum atomic E-state index is 13.0. The van der Waals surface area contributed by atoms with Crippen molar-refractivity contribution < 1.29 is 22.7 Å². The SMILES string of the molecule is CCN(C(C)=O)c1nc(COC(=O)C2CCN(S(=O)(=O)c3ccc(C(C)C)cc3)CC2)cs1. The van der Waals surface area contributed by atoms with Gasteiger partial charge in [-0.15, -0.1) is 11.3 Å². The molecule has 3 rings (SSSR count). The third-order valence-electron chi connectivity index (χ3n) is 5.80. The van der Waals surface area contributed by atoms with Crippen molar-refractivity contribution in [2.75, 3.05) is 24.5 Å². The van der Waals surface area contributed by atoms with Crippen molar-refractivity contribution in [3.05, 3.63) is 40.9 Å². The lowest BCUT2D eigenvalue weighted by molar-refractivity contribution is -0.151. The van der Waals surface area contributed by atoms with Gasteiger partial charge in [-0.05, 0) is 43.4 Å². The molecule has 0 bridgehead atoms. The molecule has 1 amide bonds. The minimum absolute atomic E-state index is 0.0332. The fourth-order valence-electron chi connectivity index (χ4n) is 3.75. The van der Waals surface area contributed by atoms with E-state index in [4.69, 9.17) is 4.74 Å². The molecular formula is C23H31N3O5S2. The number of aromatic nitrogens is 1. The second kappa shape index (κ2) is 10.8. The van der Waals surface area contributed by atoms with Gasteiger partial charge in [0.25, 0.3) is 0 Å². The number of benzene rings is 1. The molecule has 1 aromatic heterocycles. The van der Waals surface area contributed by atoms with Gasteiger partial charge >= 0.3 is 5.97 Å². The van der Waals surface area contributed by atoms with Crippen molar-refractivity contribution in [2.24, 2.45) is 5.92 Å². The van der Waals surface area contributed by atoms with E-state index in [9.17, 15) is 18.0 Å². The average molecular weight is 494 g/mol. The van der Waals surface area contributed by atoms with E-state index < -0.39 is 10.0 Å². The lowest BCUT2D eigenvalue weighted by Crippen LogP contribution is -2.40. The number of piperidine rings is 1. The molecule has 0 N–H and O–H groups in total. The predicted molar refractivity (Wildman–Crippen MR) is 128 cm³/mol. The Morgan fingerprint density at radius 2 is 1.85 bits per heavy atom. The first-order chi connectivity index (χ1) is 15.6. The fourth-order valence-corrected chi connectivity index (χ4v) is 6.13.